The standard InChI is InChI=1S/C16H25NOS/c1-15(2,3)17-14(19)13(18)16-7-10-4-11(8-16)6-12(5-10)9-16/h10-12H,4-9H2,1-3H3,(H,17,19). The third-order valence-electron chi connectivity index (χ3n) is 5.21. The van der Waals surface area contributed by atoms with Crippen LogP contribution in [0.1, 0.15) is 59.3 Å². The maximum absolute atomic E-state index is 12.9. The van der Waals surface area contributed by atoms with Crippen molar-refractivity contribution in [3.63, 3.8) is 0 Å². The van der Waals surface area contributed by atoms with Crippen LogP contribution in [0.5, 0.6) is 0 Å². The van der Waals surface area contributed by atoms with Gasteiger partial charge >= 0.3 is 0 Å². The summed E-state index contributed by atoms with van der Waals surface area (Å²) in [4.78, 5) is 13.4. The quantitative estimate of drug-likeness (QED) is 0.785. The van der Waals surface area contributed by atoms with Crippen LogP contribution in [0, 0.1) is 23.2 Å². The van der Waals surface area contributed by atoms with Gasteiger partial charge in [-0.2, -0.15) is 0 Å². The molecule has 0 amide bonds. The summed E-state index contributed by atoms with van der Waals surface area (Å²) in [5, 5.41) is 3.23. The van der Waals surface area contributed by atoms with Crippen molar-refractivity contribution in [3.05, 3.63) is 0 Å². The van der Waals surface area contributed by atoms with Gasteiger partial charge in [0.2, 0.25) is 0 Å². The number of carbonyl (C=O) groups excluding carboxylic acids is 1. The van der Waals surface area contributed by atoms with Crippen LogP contribution in [0.25, 0.3) is 0 Å². The Morgan fingerprint density at radius 2 is 1.47 bits per heavy atom. The molecule has 4 rings (SSSR count). The summed E-state index contributed by atoms with van der Waals surface area (Å²) < 4.78 is 0. The predicted octanol–water partition coefficient (Wildman–Crippen LogP) is 3.49. The Kier molecular flexibility index (Phi) is 3.05. The summed E-state index contributed by atoms with van der Waals surface area (Å²) in [6.07, 6.45) is 7.40. The van der Waals surface area contributed by atoms with Gasteiger partial charge in [-0.3, -0.25) is 4.79 Å². The van der Waals surface area contributed by atoms with Crippen LogP contribution >= 0.6 is 12.2 Å². The highest BCUT2D eigenvalue weighted by Crippen LogP contribution is 2.60. The van der Waals surface area contributed by atoms with Crippen molar-refractivity contribution in [2.45, 2.75) is 64.8 Å². The Morgan fingerprint density at radius 3 is 1.84 bits per heavy atom. The summed E-state index contributed by atoms with van der Waals surface area (Å²) in [6.45, 7) is 6.19. The van der Waals surface area contributed by atoms with Gasteiger partial charge in [0.15, 0.2) is 5.78 Å². The van der Waals surface area contributed by atoms with Gasteiger partial charge in [-0.25, -0.2) is 0 Å². The largest absolute Gasteiger partial charge is 0.369 e. The summed E-state index contributed by atoms with van der Waals surface area (Å²) in [6, 6.07) is 0. The molecule has 0 spiro atoms. The van der Waals surface area contributed by atoms with Crippen LogP contribution in [0.4, 0.5) is 0 Å². The molecule has 3 heteroatoms. The molecular formula is C16H25NOS. The summed E-state index contributed by atoms with van der Waals surface area (Å²) in [7, 11) is 0. The van der Waals surface area contributed by atoms with Crippen LogP contribution in [-0.2, 0) is 4.79 Å². The van der Waals surface area contributed by atoms with Gasteiger partial charge in [0, 0.05) is 11.0 Å². The first-order valence-electron chi connectivity index (χ1n) is 7.64. The molecule has 0 aromatic heterocycles. The maximum Gasteiger partial charge on any atom is 0.195 e. The van der Waals surface area contributed by atoms with Crippen molar-refractivity contribution >= 4 is 23.0 Å². The number of carbonyl (C=O) groups is 1. The first-order valence-corrected chi connectivity index (χ1v) is 8.05. The van der Waals surface area contributed by atoms with E-state index in [1.807, 2.05) is 0 Å². The average molecular weight is 279 g/mol. The Labute approximate surface area is 121 Å². The van der Waals surface area contributed by atoms with Crippen molar-refractivity contribution in [2.24, 2.45) is 23.2 Å². The molecule has 4 fully saturated rings. The lowest BCUT2D eigenvalue weighted by molar-refractivity contribution is -0.136. The molecule has 4 bridgehead atoms. The van der Waals surface area contributed by atoms with E-state index in [1.165, 1.54) is 19.3 Å². The average Bonchev–Trinajstić information content (AvgIpc) is 2.23. The predicted molar refractivity (Wildman–Crippen MR) is 81.1 cm³/mol. The monoisotopic (exact) mass is 279 g/mol. The molecule has 4 aliphatic carbocycles. The number of hydrogen-bond acceptors (Lipinski definition) is 2. The molecule has 4 saturated carbocycles. The van der Waals surface area contributed by atoms with Gasteiger partial charge in [-0.05, 0) is 77.0 Å². The van der Waals surface area contributed by atoms with Crippen molar-refractivity contribution in [1.29, 1.82) is 0 Å². The molecule has 1 N–H and O–H groups in total. The fraction of sp³-hybridized carbons (Fsp3) is 0.875. The second-order valence-electron chi connectivity index (χ2n) is 8.23. The summed E-state index contributed by atoms with van der Waals surface area (Å²) in [5.74, 6) is 2.64. The minimum Gasteiger partial charge on any atom is -0.369 e. The summed E-state index contributed by atoms with van der Waals surface area (Å²) in [5.41, 5.74) is -0.209. The molecule has 4 aliphatic rings. The molecule has 0 saturated heterocycles. The van der Waals surface area contributed by atoms with E-state index >= 15 is 0 Å². The van der Waals surface area contributed by atoms with E-state index in [0.29, 0.717) is 4.99 Å². The fourth-order valence-electron chi connectivity index (χ4n) is 5.03. The zero-order chi connectivity index (χ0) is 13.8. The van der Waals surface area contributed by atoms with Crippen molar-refractivity contribution in [1.82, 2.24) is 5.32 Å². The number of ketones is 1. The van der Waals surface area contributed by atoms with Gasteiger partial charge in [0.1, 0.15) is 4.99 Å². The molecule has 0 aromatic carbocycles. The van der Waals surface area contributed by atoms with Gasteiger partial charge in [0.25, 0.3) is 0 Å². The van der Waals surface area contributed by atoms with Crippen molar-refractivity contribution in [2.75, 3.05) is 0 Å². The summed E-state index contributed by atoms with van der Waals surface area (Å²) >= 11 is 5.40. The Morgan fingerprint density at radius 1 is 1.05 bits per heavy atom. The Balaban J connectivity index is 1.78. The van der Waals surface area contributed by atoms with E-state index in [-0.39, 0.29) is 16.7 Å². The Bertz CT molecular complexity index is 386. The molecule has 0 aliphatic heterocycles. The van der Waals surface area contributed by atoms with Gasteiger partial charge in [-0.15, -0.1) is 0 Å². The SMILES string of the molecule is CC(C)(C)NC(=S)C(=O)C12CC3CC(CC(C3)C1)C2. The molecule has 106 valence electrons. The number of nitrogens with one attached hydrogen (secondary N) is 1. The number of thiocarbonyl (C=S) groups is 1. The van der Waals surface area contributed by atoms with Crippen molar-refractivity contribution in [3.8, 4) is 0 Å². The van der Waals surface area contributed by atoms with E-state index in [4.69, 9.17) is 12.2 Å². The smallest absolute Gasteiger partial charge is 0.195 e. The molecule has 0 aromatic rings. The van der Waals surface area contributed by atoms with E-state index < -0.39 is 0 Å². The van der Waals surface area contributed by atoms with Crippen LogP contribution in [-0.4, -0.2) is 16.3 Å². The first-order chi connectivity index (χ1) is 8.77. The van der Waals surface area contributed by atoms with Gasteiger partial charge in [0.05, 0.1) is 0 Å². The van der Waals surface area contributed by atoms with Crippen molar-refractivity contribution < 1.29 is 4.79 Å². The van der Waals surface area contributed by atoms with Gasteiger partial charge < -0.3 is 5.32 Å². The molecule has 0 atom stereocenters. The minimum absolute atomic E-state index is 0.0932. The highest BCUT2D eigenvalue weighted by atomic mass is 32.1. The second-order valence-corrected chi connectivity index (χ2v) is 8.64. The van der Waals surface area contributed by atoms with Crippen LogP contribution in [0.3, 0.4) is 0 Å². The number of Topliss-reactive ketones (excluding diaryl/α,β-unsaturated/α-hetero) is 1. The number of hydrogen-bond donors (Lipinski definition) is 1. The van der Waals surface area contributed by atoms with E-state index in [1.54, 1.807) is 0 Å². The zero-order valence-corrected chi connectivity index (χ0v) is 13.1. The topological polar surface area (TPSA) is 29.1 Å². The number of rotatable bonds is 2. The molecular weight excluding hydrogens is 254 g/mol. The van der Waals surface area contributed by atoms with Crippen LogP contribution in [0.2, 0.25) is 0 Å². The van der Waals surface area contributed by atoms with Crippen LogP contribution in [0.15, 0.2) is 0 Å². The lowest BCUT2D eigenvalue weighted by Crippen LogP contribution is -2.55. The molecule has 0 radical (unpaired) electrons. The fourth-order valence-corrected chi connectivity index (χ4v) is 5.55. The first kappa shape index (κ1) is 13.5. The Hall–Kier alpha value is -0.440. The molecule has 19 heavy (non-hydrogen) atoms. The van der Waals surface area contributed by atoms with Gasteiger partial charge in [-0.1, -0.05) is 12.2 Å². The molecule has 0 heterocycles. The molecule has 0 unspecified atom stereocenters. The lowest BCUT2D eigenvalue weighted by Gasteiger charge is -2.56. The highest BCUT2D eigenvalue weighted by molar-refractivity contribution is 7.82. The van der Waals surface area contributed by atoms with E-state index in [0.717, 1.165) is 37.0 Å². The lowest BCUT2D eigenvalue weighted by atomic mass is 9.48. The maximum atomic E-state index is 12.9. The minimum atomic E-state index is -0.116. The van der Waals surface area contributed by atoms with E-state index in [9.17, 15) is 4.79 Å². The third-order valence-corrected chi connectivity index (χ3v) is 5.50. The van der Waals surface area contributed by atoms with E-state index in [2.05, 4.69) is 26.1 Å². The van der Waals surface area contributed by atoms with Crippen LogP contribution < -0.4 is 5.32 Å². The molecule has 2 nitrogen and oxygen atoms in total. The normalized spacial score (nSPS) is 40.3. The zero-order valence-electron chi connectivity index (χ0n) is 12.3. The second kappa shape index (κ2) is 4.28. The third kappa shape index (κ3) is 2.46. The highest BCUT2D eigenvalue weighted by Gasteiger charge is 2.55.